The standard InChI is InChI=1S/C20H24ClNO3/c1-4-17(25-19-13-14(2)9-10-15(19)3)20(23)22-11-12-24-18-8-6-5-7-16(18)21/h5-10,13,17H,4,11-12H2,1-3H3,(H,22,23). The van der Waals surface area contributed by atoms with Gasteiger partial charge in [0.25, 0.3) is 5.91 Å². The van der Waals surface area contributed by atoms with E-state index < -0.39 is 6.10 Å². The minimum atomic E-state index is -0.527. The van der Waals surface area contributed by atoms with Crippen molar-refractivity contribution in [2.75, 3.05) is 13.2 Å². The van der Waals surface area contributed by atoms with Gasteiger partial charge in [0.1, 0.15) is 18.1 Å². The highest BCUT2D eigenvalue weighted by Gasteiger charge is 2.18. The van der Waals surface area contributed by atoms with Crippen LogP contribution in [0.15, 0.2) is 42.5 Å². The average Bonchev–Trinajstić information content (AvgIpc) is 2.60. The van der Waals surface area contributed by atoms with Gasteiger partial charge in [0.15, 0.2) is 6.10 Å². The van der Waals surface area contributed by atoms with Crippen LogP contribution in [0.2, 0.25) is 5.02 Å². The third-order valence-corrected chi connectivity index (χ3v) is 4.08. The summed E-state index contributed by atoms with van der Waals surface area (Å²) in [5.74, 6) is 1.21. The minimum absolute atomic E-state index is 0.147. The number of carbonyl (C=O) groups is 1. The first-order chi connectivity index (χ1) is 12.0. The van der Waals surface area contributed by atoms with Gasteiger partial charge >= 0.3 is 0 Å². The zero-order valence-electron chi connectivity index (χ0n) is 14.8. The zero-order valence-corrected chi connectivity index (χ0v) is 15.6. The van der Waals surface area contributed by atoms with Gasteiger partial charge in [-0.2, -0.15) is 0 Å². The number of hydrogen-bond acceptors (Lipinski definition) is 3. The molecule has 0 saturated heterocycles. The Balaban J connectivity index is 1.83. The Morgan fingerprint density at radius 3 is 2.64 bits per heavy atom. The van der Waals surface area contributed by atoms with E-state index in [2.05, 4.69) is 5.32 Å². The van der Waals surface area contributed by atoms with Gasteiger partial charge in [-0.15, -0.1) is 0 Å². The van der Waals surface area contributed by atoms with E-state index in [0.29, 0.717) is 30.3 Å². The van der Waals surface area contributed by atoms with E-state index in [4.69, 9.17) is 21.1 Å². The topological polar surface area (TPSA) is 47.6 Å². The van der Waals surface area contributed by atoms with E-state index in [0.717, 1.165) is 16.9 Å². The third-order valence-electron chi connectivity index (χ3n) is 3.77. The number of carbonyl (C=O) groups excluding carboxylic acids is 1. The van der Waals surface area contributed by atoms with Crippen molar-refractivity contribution in [1.29, 1.82) is 0 Å². The number of benzene rings is 2. The molecule has 0 bridgehead atoms. The summed E-state index contributed by atoms with van der Waals surface area (Å²) in [5.41, 5.74) is 2.11. The first-order valence-corrected chi connectivity index (χ1v) is 8.78. The molecule has 0 saturated carbocycles. The van der Waals surface area contributed by atoms with E-state index in [9.17, 15) is 4.79 Å². The van der Waals surface area contributed by atoms with Crippen molar-refractivity contribution in [1.82, 2.24) is 5.32 Å². The Bertz CT molecular complexity index is 718. The third kappa shape index (κ3) is 5.68. The van der Waals surface area contributed by atoms with Crippen molar-refractivity contribution in [3.63, 3.8) is 0 Å². The summed E-state index contributed by atoms with van der Waals surface area (Å²) in [4.78, 5) is 12.3. The van der Waals surface area contributed by atoms with Gasteiger partial charge in [-0.3, -0.25) is 4.79 Å². The predicted octanol–water partition coefficient (Wildman–Crippen LogP) is 4.31. The summed E-state index contributed by atoms with van der Waals surface area (Å²) in [6.07, 6.45) is 0.0609. The van der Waals surface area contributed by atoms with E-state index >= 15 is 0 Å². The Labute approximate surface area is 154 Å². The highest BCUT2D eigenvalue weighted by molar-refractivity contribution is 6.32. The summed E-state index contributed by atoms with van der Waals surface area (Å²) in [6.45, 7) is 6.62. The molecule has 0 spiro atoms. The monoisotopic (exact) mass is 361 g/mol. The number of amides is 1. The van der Waals surface area contributed by atoms with Crippen molar-refractivity contribution < 1.29 is 14.3 Å². The smallest absolute Gasteiger partial charge is 0.261 e. The Morgan fingerprint density at radius 2 is 1.92 bits per heavy atom. The van der Waals surface area contributed by atoms with Crippen LogP contribution in [0.3, 0.4) is 0 Å². The lowest BCUT2D eigenvalue weighted by molar-refractivity contribution is -0.128. The molecule has 1 unspecified atom stereocenters. The van der Waals surface area contributed by atoms with Crippen LogP contribution in [0.25, 0.3) is 0 Å². The lowest BCUT2D eigenvalue weighted by Crippen LogP contribution is -2.39. The lowest BCUT2D eigenvalue weighted by Gasteiger charge is -2.19. The van der Waals surface area contributed by atoms with Gasteiger partial charge in [-0.05, 0) is 49.6 Å². The van der Waals surface area contributed by atoms with Gasteiger partial charge < -0.3 is 14.8 Å². The molecule has 2 aromatic rings. The summed E-state index contributed by atoms with van der Waals surface area (Å²) >= 11 is 6.02. The van der Waals surface area contributed by atoms with E-state index in [1.54, 1.807) is 12.1 Å². The van der Waals surface area contributed by atoms with Gasteiger partial charge in [-0.1, -0.05) is 42.8 Å². The molecule has 0 fully saturated rings. The molecule has 0 heterocycles. The predicted molar refractivity (Wildman–Crippen MR) is 101 cm³/mol. The maximum Gasteiger partial charge on any atom is 0.261 e. The quantitative estimate of drug-likeness (QED) is 0.713. The normalized spacial score (nSPS) is 11.7. The first-order valence-electron chi connectivity index (χ1n) is 8.40. The highest BCUT2D eigenvalue weighted by atomic mass is 35.5. The molecule has 0 aliphatic carbocycles. The first kappa shape index (κ1) is 19.1. The molecule has 1 N–H and O–H groups in total. The minimum Gasteiger partial charge on any atom is -0.490 e. The largest absolute Gasteiger partial charge is 0.490 e. The van der Waals surface area contributed by atoms with E-state index in [-0.39, 0.29) is 5.91 Å². The highest BCUT2D eigenvalue weighted by Crippen LogP contribution is 2.23. The summed E-state index contributed by atoms with van der Waals surface area (Å²) < 4.78 is 11.5. The van der Waals surface area contributed by atoms with Crippen LogP contribution in [0, 0.1) is 13.8 Å². The number of ether oxygens (including phenoxy) is 2. The van der Waals surface area contributed by atoms with Crippen LogP contribution < -0.4 is 14.8 Å². The molecule has 4 nitrogen and oxygen atoms in total. The van der Waals surface area contributed by atoms with Crippen molar-refractivity contribution >= 4 is 17.5 Å². The number of hydrogen-bond donors (Lipinski definition) is 1. The fourth-order valence-electron chi connectivity index (χ4n) is 2.32. The van der Waals surface area contributed by atoms with E-state index in [1.165, 1.54) is 0 Å². The second-order valence-corrected chi connectivity index (χ2v) is 6.26. The van der Waals surface area contributed by atoms with Gasteiger partial charge in [0, 0.05) is 0 Å². The molecule has 134 valence electrons. The van der Waals surface area contributed by atoms with E-state index in [1.807, 2.05) is 51.1 Å². The molecule has 5 heteroatoms. The summed E-state index contributed by atoms with van der Waals surface area (Å²) in [5, 5.41) is 3.40. The Morgan fingerprint density at radius 1 is 1.16 bits per heavy atom. The van der Waals surface area contributed by atoms with Gasteiger partial charge in [0.05, 0.1) is 11.6 Å². The van der Waals surface area contributed by atoms with Crippen LogP contribution in [0.4, 0.5) is 0 Å². The van der Waals surface area contributed by atoms with Crippen molar-refractivity contribution in [3.05, 3.63) is 58.6 Å². The fraction of sp³-hybridized carbons (Fsp3) is 0.350. The number of aryl methyl sites for hydroxylation is 2. The second-order valence-electron chi connectivity index (χ2n) is 5.85. The van der Waals surface area contributed by atoms with Crippen molar-refractivity contribution in [2.24, 2.45) is 0 Å². The molecule has 0 aliphatic heterocycles. The molecule has 2 rings (SSSR count). The maximum atomic E-state index is 12.3. The SMILES string of the molecule is CCC(Oc1cc(C)ccc1C)C(=O)NCCOc1ccccc1Cl. The number of rotatable bonds is 8. The molecule has 0 aromatic heterocycles. The van der Waals surface area contributed by atoms with Crippen LogP contribution in [0.5, 0.6) is 11.5 Å². The lowest BCUT2D eigenvalue weighted by atomic mass is 10.1. The van der Waals surface area contributed by atoms with Gasteiger partial charge in [-0.25, -0.2) is 0 Å². The van der Waals surface area contributed by atoms with Crippen LogP contribution >= 0.6 is 11.6 Å². The maximum absolute atomic E-state index is 12.3. The van der Waals surface area contributed by atoms with Gasteiger partial charge in [0.2, 0.25) is 0 Å². The van der Waals surface area contributed by atoms with Crippen molar-refractivity contribution in [2.45, 2.75) is 33.3 Å². The van der Waals surface area contributed by atoms with Crippen LogP contribution in [-0.2, 0) is 4.79 Å². The fourth-order valence-corrected chi connectivity index (χ4v) is 2.51. The number of halogens is 1. The molecule has 1 atom stereocenters. The summed E-state index contributed by atoms with van der Waals surface area (Å²) in [6, 6.07) is 13.2. The molecule has 25 heavy (non-hydrogen) atoms. The average molecular weight is 362 g/mol. The molecule has 2 aromatic carbocycles. The molecule has 0 radical (unpaired) electrons. The molecule has 0 aliphatic rings. The van der Waals surface area contributed by atoms with Crippen LogP contribution in [0.1, 0.15) is 24.5 Å². The second kappa shape index (κ2) is 9.33. The Hall–Kier alpha value is -2.20. The van der Waals surface area contributed by atoms with Crippen molar-refractivity contribution in [3.8, 4) is 11.5 Å². The summed E-state index contributed by atoms with van der Waals surface area (Å²) in [7, 11) is 0. The molecular formula is C20H24ClNO3. The zero-order chi connectivity index (χ0) is 18.2. The number of nitrogens with one attached hydrogen (secondary N) is 1. The molecular weight excluding hydrogens is 338 g/mol. The Kier molecular flexibility index (Phi) is 7.14. The van der Waals surface area contributed by atoms with Crippen LogP contribution in [-0.4, -0.2) is 25.2 Å². The molecule has 1 amide bonds. The number of para-hydroxylation sites is 1.